The molecule has 0 bridgehead atoms. The molecule has 0 saturated heterocycles. The van der Waals surface area contributed by atoms with Gasteiger partial charge in [-0.1, -0.05) is 0 Å². The molecule has 0 aromatic carbocycles. The SMILES string of the molecule is Cc1nc(CC(=O)N(C)[C@H](C)c2nc(C)sc2C)c(C)s1. The third kappa shape index (κ3) is 3.49. The molecule has 2 rings (SSSR count). The quantitative estimate of drug-likeness (QED) is 0.863. The van der Waals surface area contributed by atoms with Crippen molar-refractivity contribution in [3.05, 3.63) is 31.2 Å². The van der Waals surface area contributed by atoms with Crippen LogP contribution in [0.5, 0.6) is 0 Å². The van der Waals surface area contributed by atoms with Crippen LogP contribution in [0, 0.1) is 27.7 Å². The van der Waals surface area contributed by atoms with Crippen LogP contribution in [0.25, 0.3) is 0 Å². The van der Waals surface area contributed by atoms with Crippen LogP contribution in [-0.4, -0.2) is 27.8 Å². The number of likely N-dealkylation sites (N-methyl/N-ethyl adjacent to an activating group) is 1. The van der Waals surface area contributed by atoms with Crippen LogP contribution in [0.3, 0.4) is 0 Å². The highest BCUT2D eigenvalue weighted by Gasteiger charge is 2.22. The van der Waals surface area contributed by atoms with Crippen LogP contribution in [-0.2, 0) is 11.2 Å². The van der Waals surface area contributed by atoms with Gasteiger partial charge in [-0.2, -0.15) is 0 Å². The minimum atomic E-state index is -0.0116. The van der Waals surface area contributed by atoms with Crippen molar-refractivity contribution in [3.63, 3.8) is 0 Å². The Bertz CT molecular complexity index is 660. The molecule has 0 fully saturated rings. The van der Waals surface area contributed by atoms with Gasteiger partial charge in [0.05, 0.1) is 33.9 Å². The van der Waals surface area contributed by atoms with Crippen LogP contribution in [0.1, 0.15) is 44.1 Å². The smallest absolute Gasteiger partial charge is 0.228 e. The normalized spacial score (nSPS) is 12.5. The lowest BCUT2D eigenvalue weighted by Gasteiger charge is -2.24. The van der Waals surface area contributed by atoms with Crippen LogP contribution < -0.4 is 0 Å². The monoisotopic (exact) mass is 323 g/mol. The predicted octanol–water partition coefficient (Wildman–Crippen LogP) is 3.60. The van der Waals surface area contributed by atoms with Gasteiger partial charge in [-0.15, -0.1) is 22.7 Å². The number of nitrogens with zero attached hydrogens (tertiary/aromatic N) is 3. The molecule has 2 aromatic rings. The van der Waals surface area contributed by atoms with Gasteiger partial charge in [-0.05, 0) is 34.6 Å². The standard InChI is InChI=1S/C15H21N3OS2/c1-8(15-10(3)21-12(5)17-15)18(6)14(19)7-13-9(2)20-11(4)16-13/h8H,7H2,1-6H3/t8-/m1/s1. The van der Waals surface area contributed by atoms with Crippen LogP contribution >= 0.6 is 22.7 Å². The number of thiazole rings is 2. The Morgan fingerprint density at radius 2 is 1.67 bits per heavy atom. The first-order valence-corrected chi connectivity index (χ1v) is 8.55. The maximum atomic E-state index is 12.5. The molecule has 0 aliphatic heterocycles. The molecule has 114 valence electrons. The summed E-state index contributed by atoms with van der Waals surface area (Å²) in [5.74, 6) is 0.0842. The van der Waals surface area contributed by atoms with Crippen molar-refractivity contribution in [2.24, 2.45) is 0 Å². The van der Waals surface area contributed by atoms with Gasteiger partial charge in [0.1, 0.15) is 0 Å². The second-order valence-corrected chi connectivity index (χ2v) is 8.08. The third-order valence-electron chi connectivity index (χ3n) is 3.63. The first-order chi connectivity index (χ1) is 9.79. The number of hydrogen-bond acceptors (Lipinski definition) is 5. The van der Waals surface area contributed by atoms with E-state index in [1.807, 2.05) is 34.7 Å². The highest BCUT2D eigenvalue weighted by molar-refractivity contribution is 7.11. The van der Waals surface area contributed by atoms with E-state index in [0.717, 1.165) is 26.3 Å². The summed E-state index contributed by atoms with van der Waals surface area (Å²) in [7, 11) is 1.84. The fraction of sp³-hybridized carbons (Fsp3) is 0.533. The van der Waals surface area contributed by atoms with Crippen molar-refractivity contribution in [2.75, 3.05) is 7.05 Å². The van der Waals surface area contributed by atoms with Gasteiger partial charge in [-0.3, -0.25) is 4.79 Å². The highest BCUT2D eigenvalue weighted by Crippen LogP contribution is 2.26. The highest BCUT2D eigenvalue weighted by atomic mass is 32.1. The average Bonchev–Trinajstić information content (AvgIpc) is 2.89. The molecule has 0 spiro atoms. The summed E-state index contributed by atoms with van der Waals surface area (Å²) in [5, 5.41) is 2.05. The molecule has 0 saturated carbocycles. The van der Waals surface area contributed by atoms with Gasteiger partial charge >= 0.3 is 0 Å². The molecule has 1 amide bonds. The molecular formula is C15H21N3OS2. The number of rotatable bonds is 4. The molecule has 0 N–H and O–H groups in total. The van der Waals surface area contributed by atoms with E-state index in [4.69, 9.17) is 0 Å². The average molecular weight is 323 g/mol. The summed E-state index contributed by atoms with van der Waals surface area (Å²) in [6.07, 6.45) is 0.360. The number of aromatic nitrogens is 2. The Morgan fingerprint density at radius 3 is 2.14 bits per heavy atom. The van der Waals surface area contributed by atoms with Gasteiger partial charge < -0.3 is 4.90 Å². The number of hydrogen-bond donors (Lipinski definition) is 0. The van der Waals surface area contributed by atoms with Gasteiger partial charge in [0.2, 0.25) is 5.91 Å². The van der Waals surface area contributed by atoms with E-state index in [-0.39, 0.29) is 11.9 Å². The minimum absolute atomic E-state index is 0.0116. The Balaban J connectivity index is 2.12. The topological polar surface area (TPSA) is 46.1 Å². The molecule has 2 heterocycles. The first-order valence-electron chi connectivity index (χ1n) is 6.92. The van der Waals surface area contributed by atoms with Gasteiger partial charge in [0.15, 0.2) is 0 Å². The summed E-state index contributed by atoms with van der Waals surface area (Å²) in [4.78, 5) is 25.6. The summed E-state index contributed by atoms with van der Waals surface area (Å²) in [6.45, 7) is 10.1. The molecule has 0 unspecified atom stereocenters. The molecule has 0 radical (unpaired) electrons. The number of amides is 1. The number of carbonyl (C=O) groups is 1. The molecule has 0 aliphatic carbocycles. The molecule has 2 aromatic heterocycles. The lowest BCUT2D eigenvalue weighted by Crippen LogP contribution is -2.31. The van der Waals surface area contributed by atoms with Gasteiger partial charge in [0.25, 0.3) is 0 Å². The van der Waals surface area contributed by atoms with E-state index < -0.39 is 0 Å². The van der Waals surface area contributed by atoms with Gasteiger partial charge in [0, 0.05) is 16.8 Å². The van der Waals surface area contributed by atoms with Crippen molar-refractivity contribution in [3.8, 4) is 0 Å². The van der Waals surface area contributed by atoms with Crippen LogP contribution in [0.15, 0.2) is 0 Å². The predicted molar refractivity (Wildman–Crippen MR) is 88.1 cm³/mol. The third-order valence-corrected chi connectivity index (χ3v) is 5.46. The van der Waals surface area contributed by atoms with Gasteiger partial charge in [-0.25, -0.2) is 9.97 Å². The first kappa shape index (κ1) is 16.1. The van der Waals surface area contributed by atoms with Crippen molar-refractivity contribution >= 4 is 28.6 Å². The van der Waals surface area contributed by atoms with E-state index >= 15 is 0 Å². The maximum absolute atomic E-state index is 12.5. The molecule has 6 heteroatoms. The zero-order valence-corrected chi connectivity index (χ0v) is 15.0. The van der Waals surface area contributed by atoms with Crippen LogP contribution in [0.4, 0.5) is 0 Å². The fourth-order valence-electron chi connectivity index (χ4n) is 2.34. The largest absolute Gasteiger partial charge is 0.337 e. The Labute approximate surface area is 133 Å². The second kappa shape index (κ2) is 6.23. The van der Waals surface area contributed by atoms with E-state index in [1.54, 1.807) is 27.6 Å². The summed E-state index contributed by atoms with van der Waals surface area (Å²) >= 11 is 3.32. The number of carbonyl (C=O) groups excluding carboxylic acids is 1. The zero-order valence-electron chi connectivity index (χ0n) is 13.4. The molecule has 21 heavy (non-hydrogen) atoms. The van der Waals surface area contributed by atoms with Crippen molar-refractivity contribution < 1.29 is 4.79 Å². The Kier molecular flexibility index (Phi) is 4.78. The number of aryl methyl sites for hydroxylation is 4. The minimum Gasteiger partial charge on any atom is -0.337 e. The van der Waals surface area contributed by atoms with E-state index in [9.17, 15) is 4.79 Å². The lowest BCUT2D eigenvalue weighted by molar-refractivity contribution is -0.131. The van der Waals surface area contributed by atoms with Crippen molar-refractivity contribution in [1.82, 2.24) is 14.9 Å². The summed E-state index contributed by atoms with van der Waals surface area (Å²) in [6, 6.07) is -0.0116. The summed E-state index contributed by atoms with van der Waals surface area (Å²) < 4.78 is 0. The Hall–Kier alpha value is -1.27. The van der Waals surface area contributed by atoms with Crippen molar-refractivity contribution in [2.45, 2.75) is 47.1 Å². The molecule has 1 atom stereocenters. The summed E-state index contributed by atoms with van der Waals surface area (Å²) in [5.41, 5.74) is 1.90. The second-order valence-electron chi connectivity index (χ2n) is 5.27. The molecular weight excluding hydrogens is 302 g/mol. The van der Waals surface area contributed by atoms with Crippen LogP contribution in [0.2, 0.25) is 0 Å². The Morgan fingerprint density at radius 1 is 1.10 bits per heavy atom. The van der Waals surface area contributed by atoms with E-state index in [1.165, 1.54) is 4.88 Å². The lowest BCUT2D eigenvalue weighted by atomic mass is 10.1. The maximum Gasteiger partial charge on any atom is 0.228 e. The zero-order chi connectivity index (χ0) is 15.7. The van der Waals surface area contributed by atoms with Crippen molar-refractivity contribution in [1.29, 1.82) is 0 Å². The van der Waals surface area contributed by atoms with E-state index in [2.05, 4.69) is 16.9 Å². The molecule has 0 aliphatic rings. The molecule has 4 nitrogen and oxygen atoms in total. The van der Waals surface area contributed by atoms with E-state index in [0.29, 0.717) is 6.42 Å². The fourth-order valence-corrected chi connectivity index (χ4v) is 4.08.